The summed E-state index contributed by atoms with van der Waals surface area (Å²) in [5, 5.41) is 1.08. The number of fused-ring (bicyclic) bond motifs is 2. The van der Waals surface area contributed by atoms with E-state index in [-0.39, 0.29) is 5.41 Å². The minimum Gasteiger partial charge on any atom is -0.494 e. The zero-order valence-corrected chi connectivity index (χ0v) is 17.7. The first-order valence-electron chi connectivity index (χ1n) is 10.1. The Balaban J connectivity index is 1.53. The largest absolute Gasteiger partial charge is 0.494 e. The highest BCUT2D eigenvalue weighted by atomic mass is 16.5. The molecule has 4 aromatic rings. The van der Waals surface area contributed by atoms with Crippen LogP contribution >= 0.6 is 0 Å². The first kappa shape index (κ1) is 18.5. The van der Waals surface area contributed by atoms with Gasteiger partial charge in [0.1, 0.15) is 18.4 Å². The molecule has 1 aliphatic rings. The van der Waals surface area contributed by atoms with E-state index in [0.717, 1.165) is 33.9 Å². The predicted molar refractivity (Wildman–Crippen MR) is 122 cm³/mol. The summed E-state index contributed by atoms with van der Waals surface area (Å²) < 4.78 is 13.9. The highest BCUT2D eigenvalue weighted by molar-refractivity contribution is 6.05. The molecule has 0 bridgehead atoms. The molecule has 0 saturated carbocycles. The van der Waals surface area contributed by atoms with Crippen molar-refractivity contribution in [1.29, 1.82) is 0 Å². The Morgan fingerprint density at radius 3 is 2.53 bits per heavy atom. The number of aromatic nitrogens is 1. The second-order valence-corrected chi connectivity index (χ2v) is 8.23. The Morgan fingerprint density at radius 2 is 1.77 bits per heavy atom. The number of furan rings is 1. The first-order chi connectivity index (χ1) is 14.5. The van der Waals surface area contributed by atoms with E-state index in [1.807, 2.05) is 30.3 Å². The van der Waals surface area contributed by atoms with Crippen molar-refractivity contribution in [2.75, 3.05) is 14.2 Å². The number of ether oxygens (including phenoxy) is 1. The predicted octanol–water partition coefficient (Wildman–Crippen LogP) is 6.16. The summed E-state index contributed by atoms with van der Waals surface area (Å²) in [6, 6.07) is 20.6. The maximum absolute atomic E-state index is 6.01. The summed E-state index contributed by atoms with van der Waals surface area (Å²) in [6.07, 6.45) is 4.27. The Bertz CT molecular complexity index is 1280. The van der Waals surface area contributed by atoms with Crippen molar-refractivity contribution >= 4 is 28.4 Å². The summed E-state index contributed by atoms with van der Waals surface area (Å²) >= 11 is 0. The van der Waals surface area contributed by atoms with E-state index in [0.29, 0.717) is 0 Å². The molecule has 0 spiro atoms. The fraction of sp³-hybridized carbons (Fsp3) is 0.192. The smallest absolute Gasteiger partial charge is 0.209 e. The normalized spacial score (nSPS) is 15.3. The number of para-hydroxylation sites is 2. The lowest BCUT2D eigenvalue weighted by Crippen LogP contribution is -2.26. The van der Waals surface area contributed by atoms with Crippen LogP contribution in [0, 0.1) is 0 Å². The van der Waals surface area contributed by atoms with Gasteiger partial charge in [-0.2, -0.15) is 4.58 Å². The highest BCUT2D eigenvalue weighted by Gasteiger charge is 2.42. The summed E-state index contributed by atoms with van der Waals surface area (Å²) in [6.45, 7) is 4.53. The molecule has 150 valence electrons. The molecule has 3 heterocycles. The Kier molecular flexibility index (Phi) is 4.17. The van der Waals surface area contributed by atoms with Crippen LogP contribution in [0.5, 0.6) is 5.75 Å². The molecule has 0 unspecified atom stereocenters. The van der Waals surface area contributed by atoms with Crippen LogP contribution in [0.25, 0.3) is 28.5 Å². The van der Waals surface area contributed by atoms with Crippen molar-refractivity contribution in [3.63, 3.8) is 0 Å². The molecule has 2 aromatic carbocycles. The summed E-state index contributed by atoms with van der Waals surface area (Å²) in [7, 11) is 3.82. The van der Waals surface area contributed by atoms with Crippen LogP contribution in [0.2, 0.25) is 0 Å². The van der Waals surface area contributed by atoms with Crippen molar-refractivity contribution in [3.8, 4) is 17.2 Å². The summed E-state index contributed by atoms with van der Waals surface area (Å²) in [4.78, 5) is 3.46. The number of nitrogens with zero attached hydrogens (tertiary/aromatic N) is 1. The lowest BCUT2D eigenvalue weighted by Gasteiger charge is -2.15. The molecule has 1 N–H and O–H groups in total. The Morgan fingerprint density at radius 1 is 1.00 bits per heavy atom. The van der Waals surface area contributed by atoms with Crippen LogP contribution in [0.3, 0.4) is 0 Å². The number of hydrogen-bond acceptors (Lipinski definition) is 2. The molecule has 0 radical (unpaired) electrons. The fourth-order valence-corrected chi connectivity index (χ4v) is 4.46. The number of hydrogen-bond donors (Lipinski definition) is 1. The molecule has 30 heavy (non-hydrogen) atoms. The fourth-order valence-electron chi connectivity index (χ4n) is 4.46. The third-order valence-corrected chi connectivity index (χ3v) is 6.07. The van der Waals surface area contributed by atoms with E-state index < -0.39 is 0 Å². The van der Waals surface area contributed by atoms with E-state index in [1.165, 1.54) is 17.0 Å². The molecule has 2 aromatic heterocycles. The van der Waals surface area contributed by atoms with Crippen LogP contribution in [-0.2, 0) is 5.41 Å². The molecule has 4 heteroatoms. The van der Waals surface area contributed by atoms with Crippen molar-refractivity contribution < 1.29 is 13.7 Å². The molecule has 5 rings (SSSR count). The van der Waals surface area contributed by atoms with E-state index in [2.05, 4.69) is 72.9 Å². The lowest BCUT2D eigenvalue weighted by molar-refractivity contribution is -0.401. The van der Waals surface area contributed by atoms with Gasteiger partial charge < -0.3 is 14.1 Å². The number of H-pyrrole nitrogens is 1. The number of aromatic amines is 1. The van der Waals surface area contributed by atoms with Gasteiger partial charge in [-0.05, 0) is 32.1 Å². The maximum Gasteiger partial charge on any atom is 0.209 e. The standard InChI is InChI=1S/C26H24N2O2/c1-26(2)18-10-6-7-11-21(18)28(3)25(26)14-13-19-23(29-4)16-20(27-19)24-15-17-9-5-8-12-22(17)30-24/h5-16H,1-4H3/p+1. The SMILES string of the molecule is COc1cc(-c2cc3ccccc3o2)[nH]c1/C=C/C1=[N+](C)c2ccccc2C1(C)C. The molecule has 0 aliphatic carbocycles. The lowest BCUT2D eigenvalue weighted by atomic mass is 9.81. The second kappa shape index (κ2) is 6.77. The van der Waals surface area contributed by atoms with Crippen molar-refractivity contribution in [3.05, 3.63) is 78.0 Å². The number of rotatable bonds is 4. The second-order valence-electron chi connectivity index (χ2n) is 8.23. The van der Waals surface area contributed by atoms with Gasteiger partial charge in [-0.1, -0.05) is 36.4 Å². The van der Waals surface area contributed by atoms with Gasteiger partial charge in [-0.25, -0.2) is 0 Å². The van der Waals surface area contributed by atoms with Gasteiger partial charge >= 0.3 is 0 Å². The number of benzene rings is 2. The Hall–Kier alpha value is -3.53. The van der Waals surface area contributed by atoms with Crippen LogP contribution in [0.4, 0.5) is 5.69 Å². The van der Waals surface area contributed by atoms with Crippen LogP contribution in [-0.4, -0.2) is 29.4 Å². The van der Waals surface area contributed by atoms with Gasteiger partial charge in [-0.3, -0.25) is 0 Å². The van der Waals surface area contributed by atoms with Crippen LogP contribution < -0.4 is 4.74 Å². The molecule has 0 fully saturated rings. The zero-order valence-electron chi connectivity index (χ0n) is 17.7. The monoisotopic (exact) mass is 397 g/mol. The van der Waals surface area contributed by atoms with Gasteiger partial charge in [0, 0.05) is 29.2 Å². The molecule has 0 atom stereocenters. The summed E-state index contributed by atoms with van der Waals surface area (Å²) in [5.74, 6) is 1.59. The van der Waals surface area contributed by atoms with Gasteiger partial charge in [0.2, 0.25) is 5.69 Å². The van der Waals surface area contributed by atoms with Gasteiger partial charge in [0.25, 0.3) is 0 Å². The van der Waals surface area contributed by atoms with Gasteiger partial charge in [0.15, 0.2) is 11.5 Å². The average molecular weight is 397 g/mol. The van der Waals surface area contributed by atoms with E-state index in [1.54, 1.807) is 7.11 Å². The third kappa shape index (κ3) is 2.79. The molecular weight excluding hydrogens is 372 g/mol. The number of methoxy groups -OCH3 is 1. The topological polar surface area (TPSA) is 41.2 Å². The summed E-state index contributed by atoms with van der Waals surface area (Å²) in [5.41, 5.74) is 6.46. The van der Waals surface area contributed by atoms with Crippen molar-refractivity contribution in [2.24, 2.45) is 0 Å². The molecule has 0 saturated heterocycles. The number of nitrogens with one attached hydrogen (secondary N) is 1. The average Bonchev–Trinajstić information content (AvgIpc) is 3.41. The molecule has 4 nitrogen and oxygen atoms in total. The highest BCUT2D eigenvalue weighted by Crippen LogP contribution is 2.39. The first-order valence-corrected chi connectivity index (χ1v) is 10.1. The molecule has 1 aliphatic heterocycles. The minimum atomic E-state index is -0.0662. The quantitative estimate of drug-likeness (QED) is 0.419. The van der Waals surface area contributed by atoms with Crippen molar-refractivity contribution in [2.45, 2.75) is 19.3 Å². The van der Waals surface area contributed by atoms with Crippen LogP contribution in [0.15, 0.2) is 71.2 Å². The zero-order chi connectivity index (χ0) is 20.9. The number of allylic oxidation sites excluding steroid dienone is 1. The van der Waals surface area contributed by atoms with E-state index in [9.17, 15) is 0 Å². The van der Waals surface area contributed by atoms with Gasteiger partial charge in [0.05, 0.1) is 23.9 Å². The molecular formula is C26H25N2O2+. The van der Waals surface area contributed by atoms with Gasteiger partial charge in [-0.15, -0.1) is 0 Å². The molecule has 0 amide bonds. The van der Waals surface area contributed by atoms with E-state index in [4.69, 9.17) is 9.15 Å². The van der Waals surface area contributed by atoms with Crippen LogP contribution in [0.1, 0.15) is 25.1 Å². The van der Waals surface area contributed by atoms with E-state index >= 15 is 0 Å². The third-order valence-electron chi connectivity index (χ3n) is 6.07. The maximum atomic E-state index is 6.01. The van der Waals surface area contributed by atoms with Crippen molar-refractivity contribution in [1.82, 2.24) is 4.98 Å². The minimum absolute atomic E-state index is 0.0662. The Labute approximate surface area is 176 Å².